The van der Waals surface area contributed by atoms with E-state index in [0.717, 1.165) is 5.69 Å². The highest BCUT2D eigenvalue weighted by Gasteiger charge is 2.15. The summed E-state index contributed by atoms with van der Waals surface area (Å²) >= 11 is 0. The Kier molecular flexibility index (Phi) is 4.53. The minimum absolute atomic E-state index is 0.183. The lowest BCUT2D eigenvalue weighted by Gasteiger charge is -2.10. The number of carbonyl (C=O) groups excluding carboxylic acids is 2. The second-order valence-electron chi connectivity index (χ2n) is 5.74. The lowest BCUT2D eigenvalue weighted by Crippen LogP contribution is -2.22. The van der Waals surface area contributed by atoms with Gasteiger partial charge in [0, 0.05) is 20.3 Å². The minimum atomic E-state index is -0.511. The highest BCUT2D eigenvalue weighted by atomic mass is 16.5. The third kappa shape index (κ3) is 3.32. The van der Waals surface area contributed by atoms with Gasteiger partial charge in [-0.1, -0.05) is 0 Å². The van der Waals surface area contributed by atoms with Crippen molar-refractivity contribution < 1.29 is 19.1 Å². The van der Waals surface area contributed by atoms with E-state index in [9.17, 15) is 9.59 Å². The van der Waals surface area contributed by atoms with Crippen LogP contribution in [-0.2, 0) is 4.74 Å². The monoisotopic (exact) mass is 355 g/mol. The van der Waals surface area contributed by atoms with Crippen molar-refractivity contribution in [3.05, 3.63) is 47.7 Å². The number of aryl methyl sites for hydroxylation is 1. The van der Waals surface area contributed by atoms with Gasteiger partial charge in [0.05, 0.1) is 30.8 Å². The molecule has 3 aromatic heterocycles. The third-order valence-electron chi connectivity index (χ3n) is 3.55. The first-order chi connectivity index (χ1) is 12.4. The Morgan fingerprint density at radius 3 is 2.54 bits per heavy atom. The molecule has 0 aromatic carbocycles. The molecular formula is C17H17N5O4. The summed E-state index contributed by atoms with van der Waals surface area (Å²) in [6.45, 7) is 1.83. The van der Waals surface area contributed by atoms with E-state index in [2.05, 4.69) is 15.1 Å². The second-order valence-corrected chi connectivity index (χ2v) is 5.74. The summed E-state index contributed by atoms with van der Waals surface area (Å²) in [5, 5.41) is 4.29. The minimum Gasteiger partial charge on any atom is -0.465 e. The van der Waals surface area contributed by atoms with Gasteiger partial charge >= 0.3 is 5.97 Å². The topological polar surface area (TPSA) is 98.9 Å². The molecule has 0 N–H and O–H groups in total. The third-order valence-corrected chi connectivity index (χ3v) is 3.55. The number of ether oxygens (including phenoxy) is 2. The lowest BCUT2D eigenvalue weighted by molar-refractivity contribution is 0.0599. The maximum Gasteiger partial charge on any atom is 0.339 e. The molecule has 3 heterocycles. The van der Waals surface area contributed by atoms with Crippen molar-refractivity contribution in [1.82, 2.24) is 24.5 Å². The van der Waals surface area contributed by atoms with Crippen molar-refractivity contribution in [2.24, 2.45) is 0 Å². The van der Waals surface area contributed by atoms with Crippen molar-refractivity contribution >= 4 is 17.4 Å². The standard InChI is InChI=1S/C17H17N5O4/c1-10-5-13-14(6-11(17(24)25-4)9-22(13)20-10)26-15-8-18-12(7-19-15)16(23)21(2)3/h5-9H,1-4H3. The number of pyridine rings is 1. The summed E-state index contributed by atoms with van der Waals surface area (Å²) in [7, 11) is 4.56. The molecular weight excluding hydrogens is 338 g/mol. The molecule has 1 amide bonds. The van der Waals surface area contributed by atoms with Crippen LogP contribution in [-0.4, -0.2) is 57.6 Å². The molecule has 0 bridgehead atoms. The van der Waals surface area contributed by atoms with Gasteiger partial charge in [0.2, 0.25) is 5.88 Å². The maximum atomic E-state index is 11.9. The second kappa shape index (κ2) is 6.79. The molecule has 9 nitrogen and oxygen atoms in total. The van der Waals surface area contributed by atoms with Crippen molar-refractivity contribution in [2.75, 3.05) is 21.2 Å². The fourth-order valence-corrected chi connectivity index (χ4v) is 2.32. The molecule has 0 aliphatic heterocycles. The van der Waals surface area contributed by atoms with E-state index < -0.39 is 5.97 Å². The molecule has 0 spiro atoms. The molecule has 26 heavy (non-hydrogen) atoms. The van der Waals surface area contributed by atoms with Gasteiger partial charge in [-0.05, 0) is 19.1 Å². The fraction of sp³-hybridized carbons (Fsp3) is 0.235. The summed E-state index contributed by atoms with van der Waals surface area (Å²) in [5.74, 6) is -0.217. The molecule has 0 unspecified atom stereocenters. The number of methoxy groups -OCH3 is 1. The van der Waals surface area contributed by atoms with E-state index in [1.165, 1.54) is 28.9 Å². The lowest BCUT2D eigenvalue weighted by atomic mass is 10.2. The molecule has 9 heteroatoms. The van der Waals surface area contributed by atoms with Crippen LogP contribution in [0.15, 0.2) is 30.7 Å². The first-order valence-electron chi connectivity index (χ1n) is 7.69. The Labute approximate surface area is 149 Å². The molecule has 134 valence electrons. The van der Waals surface area contributed by atoms with Crippen LogP contribution >= 0.6 is 0 Å². The molecule has 0 saturated heterocycles. The predicted molar refractivity (Wildman–Crippen MR) is 91.4 cm³/mol. The van der Waals surface area contributed by atoms with Gasteiger partial charge in [-0.2, -0.15) is 5.10 Å². The first kappa shape index (κ1) is 17.3. The number of fused-ring (bicyclic) bond motifs is 1. The smallest absolute Gasteiger partial charge is 0.339 e. The maximum absolute atomic E-state index is 11.9. The van der Waals surface area contributed by atoms with Crippen LogP contribution in [0.25, 0.3) is 5.52 Å². The van der Waals surface area contributed by atoms with Crippen molar-refractivity contribution in [3.8, 4) is 11.6 Å². The van der Waals surface area contributed by atoms with Crippen LogP contribution in [0.3, 0.4) is 0 Å². The van der Waals surface area contributed by atoms with Crippen molar-refractivity contribution in [2.45, 2.75) is 6.92 Å². The highest BCUT2D eigenvalue weighted by Crippen LogP contribution is 2.27. The van der Waals surface area contributed by atoms with Crippen LogP contribution in [0.5, 0.6) is 11.6 Å². The number of esters is 1. The zero-order valence-corrected chi connectivity index (χ0v) is 14.8. The molecule has 0 fully saturated rings. The van der Waals surface area contributed by atoms with Gasteiger partial charge in [0.1, 0.15) is 11.2 Å². The Balaban J connectivity index is 1.97. The molecule has 0 radical (unpaired) electrons. The van der Waals surface area contributed by atoms with Gasteiger partial charge < -0.3 is 14.4 Å². The molecule has 0 aliphatic carbocycles. The van der Waals surface area contributed by atoms with E-state index in [1.807, 2.05) is 13.0 Å². The Bertz CT molecular complexity index is 979. The zero-order valence-electron chi connectivity index (χ0n) is 14.8. The largest absolute Gasteiger partial charge is 0.465 e. The predicted octanol–water partition coefficient (Wildman–Crippen LogP) is 1.71. The number of rotatable bonds is 4. The quantitative estimate of drug-likeness (QED) is 0.657. The van der Waals surface area contributed by atoms with Gasteiger partial charge in [-0.15, -0.1) is 0 Å². The Morgan fingerprint density at radius 1 is 1.15 bits per heavy atom. The zero-order chi connectivity index (χ0) is 18.8. The normalized spacial score (nSPS) is 10.6. The number of aromatic nitrogens is 4. The highest BCUT2D eigenvalue weighted by molar-refractivity contribution is 5.91. The van der Waals surface area contributed by atoms with Gasteiger partial charge in [0.25, 0.3) is 5.91 Å². The van der Waals surface area contributed by atoms with Crippen LogP contribution < -0.4 is 4.74 Å². The van der Waals surface area contributed by atoms with Crippen LogP contribution in [0, 0.1) is 6.92 Å². The first-order valence-corrected chi connectivity index (χ1v) is 7.69. The number of nitrogens with zero attached hydrogens (tertiary/aromatic N) is 5. The fourth-order valence-electron chi connectivity index (χ4n) is 2.32. The van der Waals surface area contributed by atoms with Crippen LogP contribution in [0.4, 0.5) is 0 Å². The Morgan fingerprint density at radius 2 is 1.92 bits per heavy atom. The van der Waals surface area contributed by atoms with Gasteiger partial charge in [-0.25, -0.2) is 19.3 Å². The molecule has 0 aliphatic rings. The average molecular weight is 355 g/mol. The summed E-state index contributed by atoms with van der Waals surface area (Å²) in [6.07, 6.45) is 4.24. The molecule has 0 saturated carbocycles. The van der Waals surface area contributed by atoms with E-state index in [-0.39, 0.29) is 23.0 Å². The van der Waals surface area contributed by atoms with Gasteiger partial charge in [0.15, 0.2) is 5.75 Å². The summed E-state index contributed by atoms with van der Waals surface area (Å²) in [6, 6.07) is 3.36. The summed E-state index contributed by atoms with van der Waals surface area (Å²) in [4.78, 5) is 33.3. The van der Waals surface area contributed by atoms with Crippen LogP contribution in [0.1, 0.15) is 26.5 Å². The average Bonchev–Trinajstić information content (AvgIpc) is 3.01. The summed E-state index contributed by atoms with van der Waals surface area (Å²) in [5.41, 5.74) is 1.90. The molecule has 0 atom stereocenters. The van der Waals surface area contributed by atoms with E-state index in [4.69, 9.17) is 9.47 Å². The van der Waals surface area contributed by atoms with E-state index in [0.29, 0.717) is 11.3 Å². The summed E-state index contributed by atoms with van der Waals surface area (Å²) < 4.78 is 12.1. The number of carbonyl (C=O) groups is 2. The van der Waals surface area contributed by atoms with Crippen molar-refractivity contribution in [1.29, 1.82) is 0 Å². The van der Waals surface area contributed by atoms with E-state index >= 15 is 0 Å². The Hall–Kier alpha value is -3.49. The number of hydrogen-bond acceptors (Lipinski definition) is 7. The SMILES string of the molecule is COC(=O)c1cc(Oc2cnc(C(=O)N(C)C)cn2)c2cc(C)nn2c1. The molecule has 3 aromatic rings. The number of amides is 1. The van der Waals surface area contributed by atoms with E-state index in [1.54, 1.807) is 26.4 Å². The van der Waals surface area contributed by atoms with Gasteiger partial charge in [-0.3, -0.25) is 4.79 Å². The molecule has 3 rings (SSSR count). The number of hydrogen-bond donors (Lipinski definition) is 0. The van der Waals surface area contributed by atoms with Crippen LogP contribution in [0.2, 0.25) is 0 Å². The van der Waals surface area contributed by atoms with Crippen molar-refractivity contribution in [3.63, 3.8) is 0 Å².